The van der Waals surface area contributed by atoms with Crippen molar-refractivity contribution in [2.75, 3.05) is 7.05 Å². The van der Waals surface area contributed by atoms with Gasteiger partial charge in [0.05, 0.1) is 28.1 Å². The summed E-state index contributed by atoms with van der Waals surface area (Å²) in [7, 11) is 3.83. The maximum Gasteiger partial charge on any atom is 0.0930 e. The van der Waals surface area contributed by atoms with Crippen LogP contribution in [0.15, 0.2) is 33.5 Å². The highest BCUT2D eigenvalue weighted by Crippen LogP contribution is 2.27. The first-order chi connectivity index (χ1) is 8.13. The molecule has 1 N–H and O–H groups in total. The van der Waals surface area contributed by atoms with Crippen LogP contribution < -0.4 is 5.32 Å². The van der Waals surface area contributed by atoms with Crippen molar-refractivity contribution in [1.82, 2.24) is 20.1 Å². The lowest BCUT2D eigenvalue weighted by Crippen LogP contribution is -2.22. The molecular weight excluding hydrogens is 348 g/mol. The van der Waals surface area contributed by atoms with Crippen LogP contribution >= 0.6 is 31.9 Å². The van der Waals surface area contributed by atoms with E-state index in [0.717, 1.165) is 20.3 Å². The van der Waals surface area contributed by atoms with Gasteiger partial charge in [-0.3, -0.25) is 9.67 Å². The molecule has 6 heteroatoms. The summed E-state index contributed by atoms with van der Waals surface area (Å²) >= 11 is 6.89. The van der Waals surface area contributed by atoms with Crippen LogP contribution in [0.2, 0.25) is 0 Å². The Labute approximate surface area is 117 Å². The number of nitrogens with one attached hydrogen (secondary N) is 1. The Morgan fingerprint density at radius 1 is 1.29 bits per heavy atom. The van der Waals surface area contributed by atoms with Crippen LogP contribution in [0.25, 0.3) is 0 Å². The minimum absolute atomic E-state index is 0.0185. The van der Waals surface area contributed by atoms with E-state index in [-0.39, 0.29) is 6.04 Å². The summed E-state index contributed by atoms with van der Waals surface area (Å²) in [5.41, 5.74) is 2.02. The van der Waals surface area contributed by atoms with Crippen LogP contribution in [0.3, 0.4) is 0 Å². The van der Waals surface area contributed by atoms with Gasteiger partial charge in [0.15, 0.2) is 0 Å². The topological polar surface area (TPSA) is 42.7 Å². The van der Waals surface area contributed by atoms with E-state index in [9.17, 15) is 0 Å². The quantitative estimate of drug-likeness (QED) is 0.916. The molecule has 2 aromatic heterocycles. The Bertz CT molecular complexity index is 487. The van der Waals surface area contributed by atoms with E-state index in [1.54, 1.807) is 12.4 Å². The Kier molecular flexibility index (Phi) is 3.96. The van der Waals surface area contributed by atoms with E-state index in [0.29, 0.717) is 0 Å². The van der Waals surface area contributed by atoms with Crippen molar-refractivity contribution in [3.63, 3.8) is 0 Å². The molecule has 0 fully saturated rings. The number of aromatic nitrogens is 3. The highest BCUT2D eigenvalue weighted by molar-refractivity contribution is 9.10. The van der Waals surface area contributed by atoms with Gasteiger partial charge in [-0.25, -0.2) is 0 Å². The van der Waals surface area contributed by atoms with Gasteiger partial charge in [-0.1, -0.05) is 0 Å². The third kappa shape index (κ3) is 2.59. The summed E-state index contributed by atoms with van der Waals surface area (Å²) in [4.78, 5) is 4.42. The number of hydrogen-bond donors (Lipinski definition) is 1. The number of nitrogens with zero attached hydrogens (tertiary/aromatic N) is 3. The predicted molar refractivity (Wildman–Crippen MR) is 73.7 cm³/mol. The number of aryl methyl sites for hydroxylation is 1. The van der Waals surface area contributed by atoms with E-state index in [4.69, 9.17) is 0 Å². The Morgan fingerprint density at radius 3 is 2.53 bits per heavy atom. The molecule has 17 heavy (non-hydrogen) atoms. The third-order valence-corrected chi connectivity index (χ3v) is 3.63. The van der Waals surface area contributed by atoms with Gasteiger partial charge in [-0.2, -0.15) is 5.10 Å². The van der Waals surface area contributed by atoms with Crippen LogP contribution in [0, 0.1) is 0 Å². The summed E-state index contributed by atoms with van der Waals surface area (Å²) in [5, 5.41) is 7.47. The fourth-order valence-electron chi connectivity index (χ4n) is 1.73. The average Bonchev–Trinajstić information content (AvgIpc) is 2.64. The van der Waals surface area contributed by atoms with Gasteiger partial charge in [-0.15, -0.1) is 0 Å². The monoisotopic (exact) mass is 358 g/mol. The van der Waals surface area contributed by atoms with Crippen LogP contribution in [-0.4, -0.2) is 21.8 Å². The van der Waals surface area contributed by atoms with Crippen LogP contribution in [0.1, 0.15) is 17.4 Å². The second-order valence-corrected chi connectivity index (χ2v) is 5.39. The standard InChI is InChI=1S/C11H12Br2N4/c1-14-10(9-4-3-7(12)5-15-9)11-8(13)6-16-17(11)2/h3-6,10,14H,1-2H3. The van der Waals surface area contributed by atoms with E-state index < -0.39 is 0 Å². The molecule has 0 aromatic carbocycles. The SMILES string of the molecule is CNC(c1ccc(Br)cn1)c1c(Br)cnn1C. The normalized spacial score (nSPS) is 12.7. The summed E-state index contributed by atoms with van der Waals surface area (Å²) in [6, 6.07) is 3.99. The van der Waals surface area contributed by atoms with E-state index in [1.165, 1.54) is 0 Å². The molecule has 2 rings (SSSR count). The Hall–Kier alpha value is -0.720. The average molecular weight is 360 g/mol. The molecule has 4 nitrogen and oxygen atoms in total. The molecule has 0 aliphatic rings. The fraction of sp³-hybridized carbons (Fsp3) is 0.273. The van der Waals surface area contributed by atoms with E-state index >= 15 is 0 Å². The second-order valence-electron chi connectivity index (χ2n) is 3.62. The minimum Gasteiger partial charge on any atom is -0.307 e. The summed E-state index contributed by atoms with van der Waals surface area (Å²) in [5.74, 6) is 0. The number of halogens is 2. The van der Waals surface area contributed by atoms with Crippen molar-refractivity contribution >= 4 is 31.9 Å². The highest BCUT2D eigenvalue weighted by atomic mass is 79.9. The fourth-order valence-corrected chi connectivity index (χ4v) is 2.54. The van der Waals surface area contributed by atoms with Gasteiger partial charge < -0.3 is 5.32 Å². The van der Waals surface area contributed by atoms with Crippen molar-refractivity contribution in [1.29, 1.82) is 0 Å². The van der Waals surface area contributed by atoms with E-state index in [2.05, 4.69) is 47.3 Å². The summed E-state index contributed by atoms with van der Waals surface area (Å²) < 4.78 is 3.79. The molecule has 0 aliphatic heterocycles. The van der Waals surface area contributed by atoms with Crippen LogP contribution in [0.4, 0.5) is 0 Å². The van der Waals surface area contributed by atoms with Gasteiger partial charge in [0.25, 0.3) is 0 Å². The highest BCUT2D eigenvalue weighted by Gasteiger charge is 2.20. The third-order valence-electron chi connectivity index (χ3n) is 2.55. The lowest BCUT2D eigenvalue weighted by Gasteiger charge is -2.16. The summed E-state index contributed by atoms with van der Waals surface area (Å²) in [6.07, 6.45) is 3.59. The molecule has 2 aromatic rings. The van der Waals surface area contributed by atoms with E-state index in [1.807, 2.05) is 30.9 Å². The largest absolute Gasteiger partial charge is 0.307 e. The smallest absolute Gasteiger partial charge is 0.0930 e. The molecule has 0 bridgehead atoms. The number of pyridine rings is 1. The van der Waals surface area contributed by atoms with Crippen LogP contribution in [-0.2, 0) is 7.05 Å². The molecule has 1 atom stereocenters. The molecule has 0 saturated carbocycles. The number of hydrogen-bond acceptors (Lipinski definition) is 3. The van der Waals surface area contributed by atoms with Gasteiger partial charge in [0.2, 0.25) is 0 Å². The zero-order valence-corrected chi connectivity index (χ0v) is 12.7. The van der Waals surface area contributed by atoms with Gasteiger partial charge >= 0.3 is 0 Å². The van der Waals surface area contributed by atoms with Gasteiger partial charge in [0.1, 0.15) is 0 Å². The molecule has 1 unspecified atom stereocenters. The maximum atomic E-state index is 4.42. The molecule has 90 valence electrons. The summed E-state index contributed by atoms with van der Waals surface area (Å²) in [6.45, 7) is 0. The van der Waals surface area contributed by atoms with Crippen LogP contribution in [0.5, 0.6) is 0 Å². The molecule has 0 radical (unpaired) electrons. The Balaban J connectivity index is 2.43. The molecule has 0 aliphatic carbocycles. The lowest BCUT2D eigenvalue weighted by atomic mass is 10.1. The zero-order chi connectivity index (χ0) is 12.4. The second kappa shape index (κ2) is 5.29. The van der Waals surface area contributed by atoms with Crippen molar-refractivity contribution < 1.29 is 0 Å². The first-order valence-corrected chi connectivity index (χ1v) is 6.68. The lowest BCUT2D eigenvalue weighted by molar-refractivity contribution is 0.592. The minimum atomic E-state index is 0.0185. The first kappa shape index (κ1) is 12.7. The van der Waals surface area contributed by atoms with Gasteiger partial charge in [0, 0.05) is 17.7 Å². The molecule has 0 spiro atoms. The van der Waals surface area contributed by atoms with Crippen molar-refractivity contribution in [2.24, 2.45) is 7.05 Å². The maximum absolute atomic E-state index is 4.42. The molecule has 0 saturated heterocycles. The molecule has 2 heterocycles. The number of rotatable bonds is 3. The Morgan fingerprint density at radius 2 is 2.06 bits per heavy atom. The first-order valence-electron chi connectivity index (χ1n) is 5.09. The van der Waals surface area contributed by atoms with Gasteiger partial charge in [-0.05, 0) is 51.0 Å². The van der Waals surface area contributed by atoms with Crippen molar-refractivity contribution in [3.05, 3.63) is 44.9 Å². The molecular formula is C11H12Br2N4. The zero-order valence-electron chi connectivity index (χ0n) is 9.48. The van der Waals surface area contributed by atoms with Crippen molar-refractivity contribution in [3.8, 4) is 0 Å². The molecule has 0 amide bonds. The predicted octanol–water partition coefficient (Wildman–Crippen LogP) is 2.65. The van der Waals surface area contributed by atoms with Crippen molar-refractivity contribution in [2.45, 2.75) is 6.04 Å².